The minimum atomic E-state index is -0.361. The number of hydrogen-bond donors (Lipinski definition) is 0. The molecule has 0 aliphatic carbocycles. The molecule has 21 heavy (non-hydrogen) atoms. The Morgan fingerprint density at radius 1 is 1.43 bits per heavy atom. The van der Waals surface area contributed by atoms with Crippen molar-refractivity contribution in [1.29, 1.82) is 0 Å². The molecule has 7 heteroatoms. The van der Waals surface area contributed by atoms with Gasteiger partial charge in [-0.05, 0) is 12.1 Å². The predicted octanol–water partition coefficient (Wildman–Crippen LogP) is 2.25. The summed E-state index contributed by atoms with van der Waals surface area (Å²) in [6.07, 6.45) is 0. The monoisotopic (exact) mass is 307 g/mol. The Morgan fingerprint density at radius 3 is 2.95 bits per heavy atom. The topological polar surface area (TPSA) is 68.5 Å². The Morgan fingerprint density at radius 2 is 2.24 bits per heavy atom. The number of benzene rings is 1. The van der Waals surface area contributed by atoms with Gasteiger partial charge in [0, 0.05) is 13.5 Å². The van der Waals surface area contributed by atoms with Crippen LogP contribution in [0, 0.1) is 6.92 Å². The lowest BCUT2D eigenvalue weighted by atomic mass is 10.1. The van der Waals surface area contributed by atoms with Crippen molar-refractivity contribution in [2.45, 2.75) is 13.0 Å². The van der Waals surface area contributed by atoms with Gasteiger partial charge in [-0.25, -0.2) is 0 Å². The van der Waals surface area contributed by atoms with E-state index in [4.69, 9.17) is 20.9 Å². The molecular weight excluding hydrogens is 294 g/mol. The van der Waals surface area contributed by atoms with Crippen LogP contribution in [0.25, 0.3) is 0 Å². The molecule has 3 rings (SSSR count). The normalized spacial score (nSPS) is 18.8. The molecule has 2 heterocycles. The molecule has 6 nitrogen and oxygen atoms in total. The minimum Gasteiger partial charge on any atom is -0.377 e. The Kier molecular flexibility index (Phi) is 3.90. The zero-order valence-electron chi connectivity index (χ0n) is 11.5. The molecule has 2 aromatic rings. The maximum absolute atomic E-state index is 12.7. The number of aromatic nitrogens is 2. The zero-order valence-corrected chi connectivity index (χ0v) is 12.2. The second-order valence-corrected chi connectivity index (χ2v) is 5.15. The summed E-state index contributed by atoms with van der Waals surface area (Å²) >= 11 is 6.11. The highest BCUT2D eigenvalue weighted by molar-refractivity contribution is 6.33. The number of ether oxygens (including phenoxy) is 1. The third kappa shape index (κ3) is 2.77. The van der Waals surface area contributed by atoms with Crippen molar-refractivity contribution < 1.29 is 14.1 Å². The first-order valence-electron chi connectivity index (χ1n) is 6.60. The highest BCUT2D eigenvalue weighted by Crippen LogP contribution is 2.26. The molecule has 1 aromatic carbocycles. The molecule has 1 atom stereocenters. The van der Waals surface area contributed by atoms with E-state index in [1.807, 2.05) is 0 Å². The lowest BCUT2D eigenvalue weighted by Crippen LogP contribution is -2.44. The lowest BCUT2D eigenvalue weighted by Gasteiger charge is -2.33. The number of carbonyl (C=O) groups is 1. The van der Waals surface area contributed by atoms with Gasteiger partial charge in [-0.2, -0.15) is 4.98 Å². The summed E-state index contributed by atoms with van der Waals surface area (Å²) in [4.78, 5) is 18.6. The Labute approximate surface area is 126 Å². The fourth-order valence-corrected chi connectivity index (χ4v) is 2.52. The van der Waals surface area contributed by atoms with Gasteiger partial charge in [-0.1, -0.05) is 28.9 Å². The van der Waals surface area contributed by atoms with E-state index in [-0.39, 0.29) is 11.9 Å². The highest BCUT2D eigenvalue weighted by Gasteiger charge is 2.33. The van der Waals surface area contributed by atoms with E-state index in [0.717, 1.165) is 0 Å². The van der Waals surface area contributed by atoms with Crippen molar-refractivity contribution in [2.24, 2.45) is 0 Å². The summed E-state index contributed by atoms with van der Waals surface area (Å²) < 4.78 is 10.4. The molecule has 110 valence electrons. The molecule has 0 spiro atoms. The first-order valence-corrected chi connectivity index (χ1v) is 6.98. The van der Waals surface area contributed by atoms with Crippen molar-refractivity contribution in [3.8, 4) is 0 Å². The zero-order chi connectivity index (χ0) is 14.8. The first kappa shape index (κ1) is 14.0. The van der Waals surface area contributed by atoms with Gasteiger partial charge in [-0.3, -0.25) is 4.79 Å². The molecule has 1 aliphatic rings. The average molecular weight is 308 g/mol. The van der Waals surface area contributed by atoms with Crippen molar-refractivity contribution in [3.05, 3.63) is 46.6 Å². The van der Waals surface area contributed by atoms with E-state index in [1.54, 1.807) is 36.1 Å². The summed E-state index contributed by atoms with van der Waals surface area (Å²) in [6.45, 7) is 2.99. The van der Waals surface area contributed by atoms with Gasteiger partial charge in [0.2, 0.25) is 5.89 Å². The fraction of sp³-hybridized carbons (Fsp3) is 0.357. The Hall–Kier alpha value is -1.92. The molecule has 1 aromatic heterocycles. The van der Waals surface area contributed by atoms with Crippen LogP contribution in [-0.2, 0) is 4.74 Å². The number of hydrogen-bond acceptors (Lipinski definition) is 5. The Bertz CT molecular complexity index is 658. The van der Waals surface area contributed by atoms with Crippen LogP contribution in [0.1, 0.15) is 28.1 Å². The van der Waals surface area contributed by atoms with Crippen molar-refractivity contribution in [1.82, 2.24) is 15.0 Å². The van der Waals surface area contributed by atoms with Crippen molar-refractivity contribution >= 4 is 17.5 Å². The number of carbonyl (C=O) groups excluding carboxylic acids is 1. The molecule has 0 N–H and O–H groups in total. The number of rotatable bonds is 2. The number of morpholine rings is 1. The molecule has 0 unspecified atom stereocenters. The number of aryl methyl sites for hydroxylation is 1. The molecule has 1 amide bonds. The van der Waals surface area contributed by atoms with Crippen LogP contribution >= 0.6 is 11.6 Å². The number of nitrogens with zero attached hydrogens (tertiary/aromatic N) is 3. The largest absolute Gasteiger partial charge is 0.377 e. The van der Waals surface area contributed by atoms with Crippen LogP contribution < -0.4 is 0 Å². The summed E-state index contributed by atoms with van der Waals surface area (Å²) in [7, 11) is 0. The van der Waals surface area contributed by atoms with Crippen LogP contribution in [0.2, 0.25) is 5.02 Å². The predicted molar refractivity (Wildman–Crippen MR) is 75.1 cm³/mol. The summed E-state index contributed by atoms with van der Waals surface area (Å²) in [5.41, 5.74) is 0.464. The van der Waals surface area contributed by atoms with Gasteiger partial charge in [0.05, 0.1) is 23.8 Å². The average Bonchev–Trinajstić information content (AvgIpc) is 2.93. The third-order valence-electron chi connectivity index (χ3n) is 3.33. The molecule has 0 radical (unpaired) electrons. The van der Waals surface area contributed by atoms with Gasteiger partial charge >= 0.3 is 0 Å². The standard InChI is InChI=1S/C14H14ClN3O3/c1-9-16-13(17-21-9)12-8-20-7-6-18(12)14(19)10-4-2-3-5-11(10)15/h2-5,12H,6-8H2,1H3/t12-/m0/s1. The van der Waals surface area contributed by atoms with Gasteiger partial charge < -0.3 is 14.2 Å². The van der Waals surface area contributed by atoms with E-state index >= 15 is 0 Å². The van der Waals surface area contributed by atoms with Crippen LogP contribution in [0.5, 0.6) is 0 Å². The number of amides is 1. The molecule has 1 fully saturated rings. The summed E-state index contributed by atoms with van der Waals surface area (Å²) in [5.74, 6) is 0.754. The molecule has 1 aliphatic heterocycles. The molecule has 0 bridgehead atoms. The van der Waals surface area contributed by atoms with Crippen molar-refractivity contribution in [2.75, 3.05) is 19.8 Å². The van der Waals surface area contributed by atoms with E-state index in [1.165, 1.54) is 0 Å². The number of halogens is 1. The van der Waals surface area contributed by atoms with Crippen LogP contribution in [0.3, 0.4) is 0 Å². The van der Waals surface area contributed by atoms with E-state index in [0.29, 0.717) is 42.1 Å². The van der Waals surface area contributed by atoms with E-state index in [2.05, 4.69) is 10.1 Å². The lowest BCUT2D eigenvalue weighted by molar-refractivity contribution is -0.00576. The second-order valence-electron chi connectivity index (χ2n) is 4.74. The van der Waals surface area contributed by atoms with Gasteiger partial charge in [0.25, 0.3) is 5.91 Å². The highest BCUT2D eigenvalue weighted by atomic mass is 35.5. The van der Waals surface area contributed by atoms with Crippen molar-refractivity contribution in [3.63, 3.8) is 0 Å². The molecule has 0 saturated carbocycles. The third-order valence-corrected chi connectivity index (χ3v) is 3.66. The smallest absolute Gasteiger partial charge is 0.256 e. The first-order chi connectivity index (χ1) is 10.2. The SMILES string of the molecule is Cc1nc([C@@H]2COCCN2C(=O)c2ccccc2Cl)no1. The van der Waals surface area contributed by atoms with E-state index < -0.39 is 0 Å². The van der Waals surface area contributed by atoms with Gasteiger partial charge in [0.1, 0.15) is 6.04 Å². The molecule has 1 saturated heterocycles. The van der Waals surface area contributed by atoms with Gasteiger partial charge in [-0.15, -0.1) is 0 Å². The fourth-order valence-electron chi connectivity index (χ4n) is 2.30. The van der Waals surface area contributed by atoms with Crippen LogP contribution in [-0.4, -0.2) is 40.7 Å². The maximum atomic E-state index is 12.7. The maximum Gasteiger partial charge on any atom is 0.256 e. The minimum absolute atomic E-state index is 0.156. The van der Waals surface area contributed by atoms with Crippen LogP contribution in [0.15, 0.2) is 28.8 Å². The summed E-state index contributed by atoms with van der Waals surface area (Å²) in [6, 6.07) is 6.62. The molecular formula is C14H14ClN3O3. The van der Waals surface area contributed by atoms with Gasteiger partial charge in [0.15, 0.2) is 5.82 Å². The Balaban J connectivity index is 1.91. The second kappa shape index (κ2) is 5.83. The quantitative estimate of drug-likeness (QED) is 0.851. The summed E-state index contributed by atoms with van der Waals surface area (Å²) in [5, 5.41) is 4.32. The van der Waals surface area contributed by atoms with E-state index in [9.17, 15) is 4.79 Å². The van der Waals surface area contributed by atoms with Crippen LogP contribution in [0.4, 0.5) is 0 Å².